The van der Waals surface area contributed by atoms with E-state index >= 15 is 0 Å². The summed E-state index contributed by atoms with van der Waals surface area (Å²) < 4.78 is 1.42. The minimum Gasteiger partial charge on any atom is -0.296 e. The van der Waals surface area contributed by atoms with E-state index in [1.807, 2.05) is 11.3 Å². The Hall–Kier alpha value is -1.12. The molecule has 1 saturated heterocycles. The molecule has 1 aromatic carbocycles. The van der Waals surface area contributed by atoms with E-state index in [0.717, 1.165) is 12.6 Å². The van der Waals surface area contributed by atoms with E-state index < -0.39 is 0 Å². The molecule has 0 bridgehead atoms. The van der Waals surface area contributed by atoms with Crippen molar-refractivity contribution in [2.45, 2.75) is 25.3 Å². The molecule has 0 spiro atoms. The third-order valence-corrected chi connectivity index (χ3v) is 5.46. The molecule has 1 fully saturated rings. The van der Waals surface area contributed by atoms with Crippen LogP contribution in [0.15, 0.2) is 36.4 Å². The van der Waals surface area contributed by atoms with Crippen molar-refractivity contribution in [2.75, 3.05) is 13.1 Å². The van der Waals surface area contributed by atoms with Gasteiger partial charge in [-0.1, -0.05) is 24.3 Å². The standard InChI is InChI=1S/C16H17NS/c1-2-6-15-12(4-1)11-16(18-15)13-7-9-17-8-3-5-14(17)10-13/h1-2,4,6-7,11,14H,3,5,8-10H2. The van der Waals surface area contributed by atoms with Gasteiger partial charge in [-0.15, -0.1) is 11.3 Å². The highest BCUT2D eigenvalue weighted by Crippen LogP contribution is 2.37. The molecule has 1 nitrogen and oxygen atoms in total. The molecule has 0 aliphatic carbocycles. The van der Waals surface area contributed by atoms with Gasteiger partial charge in [0.25, 0.3) is 0 Å². The first-order valence-electron chi connectivity index (χ1n) is 6.82. The number of hydrogen-bond donors (Lipinski definition) is 0. The highest BCUT2D eigenvalue weighted by molar-refractivity contribution is 7.20. The molecule has 2 aliphatic rings. The maximum atomic E-state index is 2.64. The van der Waals surface area contributed by atoms with Gasteiger partial charge in [0, 0.05) is 22.2 Å². The SMILES string of the molecule is C1=C(c2cc3ccccc3s2)CC2CCCN2C1. The first-order chi connectivity index (χ1) is 8.90. The minimum absolute atomic E-state index is 0.815. The normalized spacial score (nSPS) is 24.2. The smallest absolute Gasteiger partial charge is 0.0349 e. The fourth-order valence-electron chi connectivity index (χ4n) is 3.27. The Labute approximate surface area is 112 Å². The van der Waals surface area contributed by atoms with Gasteiger partial charge in [0.15, 0.2) is 0 Å². The lowest BCUT2D eigenvalue weighted by molar-refractivity contribution is 0.275. The van der Waals surface area contributed by atoms with Crippen molar-refractivity contribution in [3.05, 3.63) is 41.3 Å². The lowest BCUT2D eigenvalue weighted by atomic mass is 9.99. The van der Waals surface area contributed by atoms with Crippen LogP contribution in [0.3, 0.4) is 0 Å². The molecular formula is C16H17NS. The van der Waals surface area contributed by atoms with Crippen molar-refractivity contribution in [3.63, 3.8) is 0 Å². The molecule has 2 aromatic rings. The predicted molar refractivity (Wildman–Crippen MR) is 79.0 cm³/mol. The van der Waals surface area contributed by atoms with Gasteiger partial charge in [0.05, 0.1) is 0 Å². The van der Waals surface area contributed by atoms with Crippen LogP contribution in [0.25, 0.3) is 15.7 Å². The highest BCUT2D eigenvalue weighted by Gasteiger charge is 2.28. The molecule has 1 atom stereocenters. The number of benzene rings is 1. The Balaban J connectivity index is 1.70. The van der Waals surface area contributed by atoms with Gasteiger partial charge >= 0.3 is 0 Å². The summed E-state index contributed by atoms with van der Waals surface area (Å²) in [5.74, 6) is 0. The molecule has 2 heteroatoms. The molecule has 92 valence electrons. The zero-order chi connectivity index (χ0) is 11.9. The summed E-state index contributed by atoms with van der Waals surface area (Å²) in [5.41, 5.74) is 1.58. The fourth-order valence-corrected chi connectivity index (χ4v) is 4.38. The molecule has 18 heavy (non-hydrogen) atoms. The van der Waals surface area contributed by atoms with Crippen LogP contribution in [0.5, 0.6) is 0 Å². The van der Waals surface area contributed by atoms with E-state index in [-0.39, 0.29) is 0 Å². The second kappa shape index (κ2) is 4.22. The van der Waals surface area contributed by atoms with Crippen LogP contribution in [0.1, 0.15) is 24.1 Å². The summed E-state index contributed by atoms with van der Waals surface area (Å²) in [7, 11) is 0. The Morgan fingerprint density at radius 3 is 3.11 bits per heavy atom. The number of thiophene rings is 1. The van der Waals surface area contributed by atoms with Gasteiger partial charge in [0.2, 0.25) is 0 Å². The molecule has 2 aliphatic heterocycles. The van der Waals surface area contributed by atoms with Gasteiger partial charge in [-0.25, -0.2) is 0 Å². The maximum Gasteiger partial charge on any atom is 0.0349 e. The summed E-state index contributed by atoms with van der Waals surface area (Å²) in [6.07, 6.45) is 6.49. The largest absolute Gasteiger partial charge is 0.296 e. The van der Waals surface area contributed by atoms with E-state index in [1.165, 1.54) is 40.8 Å². The third kappa shape index (κ3) is 1.72. The first-order valence-corrected chi connectivity index (χ1v) is 7.64. The molecule has 0 N–H and O–H groups in total. The second-order valence-electron chi connectivity index (χ2n) is 5.37. The van der Waals surface area contributed by atoms with Crippen LogP contribution in [-0.2, 0) is 0 Å². The van der Waals surface area contributed by atoms with Crippen LogP contribution < -0.4 is 0 Å². The van der Waals surface area contributed by atoms with E-state index in [4.69, 9.17) is 0 Å². The lowest BCUT2D eigenvalue weighted by Crippen LogP contribution is -2.32. The molecule has 0 saturated carbocycles. The van der Waals surface area contributed by atoms with E-state index in [9.17, 15) is 0 Å². The van der Waals surface area contributed by atoms with Crippen molar-refractivity contribution in [2.24, 2.45) is 0 Å². The molecule has 4 rings (SSSR count). The zero-order valence-corrected chi connectivity index (χ0v) is 11.2. The van der Waals surface area contributed by atoms with Crippen molar-refractivity contribution >= 4 is 27.0 Å². The Bertz CT molecular complexity index is 577. The Kier molecular flexibility index (Phi) is 2.52. The quantitative estimate of drug-likeness (QED) is 0.740. The van der Waals surface area contributed by atoms with Crippen LogP contribution in [-0.4, -0.2) is 24.0 Å². The first kappa shape index (κ1) is 10.8. The van der Waals surface area contributed by atoms with E-state index in [0.29, 0.717) is 0 Å². The van der Waals surface area contributed by atoms with Crippen molar-refractivity contribution in [1.82, 2.24) is 4.90 Å². The van der Waals surface area contributed by atoms with E-state index in [2.05, 4.69) is 41.3 Å². The monoisotopic (exact) mass is 255 g/mol. The molecule has 0 radical (unpaired) electrons. The van der Waals surface area contributed by atoms with Crippen LogP contribution in [0, 0.1) is 0 Å². The summed E-state index contributed by atoms with van der Waals surface area (Å²) in [5, 5.41) is 1.40. The number of hydrogen-bond acceptors (Lipinski definition) is 2. The topological polar surface area (TPSA) is 3.24 Å². The zero-order valence-electron chi connectivity index (χ0n) is 10.4. The van der Waals surface area contributed by atoms with Gasteiger partial charge in [-0.05, 0) is 48.9 Å². The van der Waals surface area contributed by atoms with Crippen molar-refractivity contribution in [3.8, 4) is 0 Å². The van der Waals surface area contributed by atoms with Crippen LogP contribution in [0.2, 0.25) is 0 Å². The summed E-state index contributed by atoms with van der Waals surface area (Å²) in [4.78, 5) is 4.12. The van der Waals surface area contributed by atoms with Crippen molar-refractivity contribution in [1.29, 1.82) is 0 Å². The second-order valence-corrected chi connectivity index (χ2v) is 6.46. The van der Waals surface area contributed by atoms with Gasteiger partial charge < -0.3 is 0 Å². The highest BCUT2D eigenvalue weighted by atomic mass is 32.1. The van der Waals surface area contributed by atoms with Gasteiger partial charge in [0.1, 0.15) is 0 Å². The Morgan fingerprint density at radius 1 is 1.22 bits per heavy atom. The molecular weight excluding hydrogens is 238 g/mol. The van der Waals surface area contributed by atoms with Crippen LogP contribution in [0.4, 0.5) is 0 Å². The molecule has 1 unspecified atom stereocenters. The summed E-state index contributed by atoms with van der Waals surface area (Å²) in [6.45, 7) is 2.47. The van der Waals surface area contributed by atoms with Crippen molar-refractivity contribution < 1.29 is 0 Å². The molecule has 1 aromatic heterocycles. The molecule has 3 heterocycles. The summed E-state index contributed by atoms with van der Waals surface area (Å²) >= 11 is 1.95. The van der Waals surface area contributed by atoms with Gasteiger partial charge in [-0.2, -0.15) is 0 Å². The summed E-state index contributed by atoms with van der Waals surface area (Å²) in [6, 6.07) is 11.9. The lowest BCUT2D eigenvalue weighted by Gasteiger charge is -2.28. The van der Waals surface area contributed by atoms with E-state index in [1.54, 1.807) is 5.57 Å². The Morgan fingerprint density at radius 2 is 2.17 bits per heavy atom. The minimum atomic E-state index is 0.815. The number of rotatable bonds is 1. The number of nitrogens with zero attached hydrogens (tertiary/aromatic N) is 1. The van der Waals surface area contributed by atoms with Gasteiger partial charge in [-0.3, -0.25) is 4.90 Å². The van der Waals surface area contributed by atoms with Crippen LogP contribution >= 0.6 is 11.3 Å². The predicted octanol–water partition coefficient (Wildman–Crippen LogP) is 4.15. The molecule has 0 amide bonds. The average Bonchev–Trinajstić information content (AvgIpc) is 3.04. The maximum absolute atomic E-state index is 2.64. The number of fused-ring (bicyclic) bond motifs is 2. The average molecular weight is 255 g/mol. The third-order valence-electron chi connectivity index (χ3n) is 4.27. The fraction of sp³-hybridized carbons (Fsp3) is 0.375.